The van der Waals surface area contributed by atoms with Crippen LogP contribution in [0.25, 0.3) is 32.0 Å². The Kier molecular flexibility index (Phi) is 5.46. The van der Waals surface area contributed by atoms with Crippen LogP contribution in [0.5, 0.6) is 5.75 Å². The molecule has 4 aromatic rings. The molecule has 2 nitrogen and oxygen atoms in total. The Bertz CT molecular complexity index is 1140. The van der Waals surface area contributed by atoms with E-state index in [4.69, 9.17) is 0 Å². The average Bonchev–Trinajstić information content (AvgIpc) is 3.04. The molecule has 4 rings (SSSR count). The van der Waals surface area contributed by atoms with Crippen molar-refractivity contribution in [3.63, 3.8) is 0 Å². The first-order valence-corrected chi connectivity index (χ1v) is 11.3. The van der Waals surface area contributed by atoms with Crippen molar-refractivity contribution in [2.45, 2.75) is 27.3 Å². The third-order valence-electron chi connectivity index (χ3n) is 5.55. The molecule has 3 aromatic carbocycles. The highest BCUT2D eigenvalue weighted by Gasteiger charge is 2.20. The van der Waals surface area contributed by atoms with Crippen LogP contribution in [-0.2, 0) is 6.54 Å². The second-order valence-corrected chi connectivity index (χ2v) is 9.00. The van der Waals surface area contributed by atoms with Crippen molar-refractivity contribution in [2.24, 2.45) is 0 Å². The molecule has 0 atom stereocenters. The molecule has 0 unspecified atom stereocenters. The Labute approximate surface area is 178 Å². The molecule has 1 heterocycles. The number of benzene rings is 3. The lowest BCUT2D eigenvalue weighted by molar-refractivity contribution is 0.298. The average molecular weight is 454 g/mol. The van der Waals surface area contributed by atoms with Gasteiger partial charge in [0.1, 0.15) is 5.75 Å². The first kappa shape index (κ1) is 19.4. The lowest BCUT2D eigenvalue weighted by Crippen LogP contribution is -2.21. The van der Waals surface area contributed by atoms with Gasteiger partial charge in [0.25, 0.3) is 0 Å². The minimum absolute atomic E-state index is 0.297. The van der Waals surface area contributed by atoms with Crippen LogP contribution in [-0.4, -0.2) is 23.1 Å². The highest BCUT2D eigenvalue weighted by molar-refractivity contribution is 9.11. The highest BCUT2D eigenvalue weighted by Crippen LogP contribution is 2.47. The Morgan fingerprint density at radius 1 is 0.964 bits per heavy atom. The van der Waals surface area contributed by atoms with Crippen molar-refractivity contribution < 1.29 is 5.11 Å². The summed E-state index contributed by atoms with van der Waals surface area (Å²) in [7, 11) is 0. The minimum atomic E-state index is 0.297. The van der Waals surface area contributed by atoms with E-state index < -0.39 is 0 Å². The molecule has 0 aliphatic carbocycles. The number of aryl methyl sites for hydroxylation is 1. The maximum Gasteiger partial charge on any atom is 0.115 e. The first-order valence-electron chi connectivity index (χ1n) is 9.69. The Morgan fingerprint density at radius 3 is 2.25 bits per heavy atom. The van der Waals surface area contributed by atoms with E-state index in [0.717, 1.165) is 25.2 Å². The summed E-state index contributed by atoms with van der Waals surface area (Å²) in [5, 5.41) is 13.6. The molecule has 0 saturated carbocycles. The smallest absolute Gasteiger partial charge is 0.115 e. The van der Waals surface area contributed by atoms with Gasteiger partial charge in [-0.1, -0.05) is 50.2 Å². The number of phenols is 1. The van der Waals surface area contributed by atoms with E-state index in [2.05, 4.69) is 65.9 Å². The monoisotopic (exact) mass is 453 g/mol. The van der Waals surface area contributed by atoms with Crippen LogP contribution in [0.2, 0.25) is 0 Å². The second-order valence-electron chi connectivity index (χ2n) is 7.10. The second kappa shape index (κ2) is 7.86. The van der Waals surface area contributed by atoms with Crippen molar-refractivity contribution in [1.29, 1.82) is 0 Å². The molecule has 0 amide bonds. The highest BCUT2D eigenvalue weighted by atomic mass is 79.9. The van der Waals surface area contributed by atoms with Crippen LogP contribution in [0.1, 0.15) is 24.3 Å². The molecule has 28 heavy (non-hydrogen) atoms. The van der Waals surface area contributed by atoms with Gasteiger partial charge in [0, 0.05) is 21.3 Å². The Morgan fingerprint density at radius 2 is 1.61 bits per heavy atom. The molecule has 1 N–H and O–H groups in total. The number of rotatable bonds is 5. The summed E-state index contributed by atoms with van der Waals surface area (Å²) in [6.07, 6.45) is 0. The molecule has 1 aromatic heterocycles. The zero-order valence-electron chi connectivity index (χ0n) is 16.4. The first-order chi connectivity index (χ1) is 13.5. The maximum atomic E-state index is 9.78. The number of aromatic hydroxyl groups is 1. The summed E-state index contributed by atoms with van der Waals surface area (Å²) in [6.45, 7) is 9.78. The van der Waals surface area contributed by atoms with Gasteiger partial charge in [-0.3, -0.25) is 4.90 Å². The van der Waals surface area contributed by atoms with E-state index in [9.17, 15) is 5.11 Å². The van der Waals surface area contributed by atoms with E-state index in [1.54, 1.807) is 12.1 Å². The molecule has 0 spiro atoms. The van der Waals surface area contributed by atoms with Crippen LogP contribution >= 0.6 is 27.3 Å². The topological polar surface area (TPSA) is 23.5 Å². The maximum absolute atomic E-state index is 9.78. The molecule has 144 valence electrons. The van der Waals surface area contributed by atoms with Crippen molar-refractivity contribution in [3.8, 4) is 16.9 Å². The van der Waals surface area contributed by atoms with Gasteiger partial charge < -0.3 is 5.11 Å². The van der Waals surface area contributed by atoms with Gasteiger partial charge in [-0.2, -0.15) is 0 Å². The largest absolute Gasteiger partial charge is 0.508 e. The van der Waals surface area contributed by atoms with Gasteiger partial charge in [0.15, 0.2) is 0 Å². The standard InChI is InChI=1S/C24H24BrNOS/c1-4-26(5-2)14-20-15(3)21-22(16-10-12-17(27)13-11-16)18-8-6-7-9-19(18)23(25)24(21)28-20/h6-13,27H,4-5,14H2,1-3H3. The lowest BCUT2D eigenvalue weighted by atomic mass is 9.93. The van der Waals surface area contributed by atoms with E-state index in [0.29, 0.717) is 5.75 Å². The van der Waals surface area contributed by atoms with Gasteiger partial charge in [-0.25, -0.2) is 0 Å². The Hall–Kier alpha value is -1.88. The zero-order chi connectivity index (χ0) is 19.8. The molecular weight excluding hydrogens is 430 g/mol. The fraction of sp³-hybridized carbons (Fsp3) is 0.250. The molecule has 0 fully saturated rings. The summed E-state index contributed by atoms with van der Waals surface area (Å²) in [6, 6.07) is 16.2. The van der Waals surface area contributed by atoms with Crippen molar-refractivity contribution in [1.82, 2.24) is 4.90 Å². The third-order valence-corrected chi connectivity index (χ3v) is 7.93. The van der Waals surface area contributed by atoms with Crippen LogP contribution < -0.4 is 0 Å². The molecule has 0 aliphatic rings. The van der Waals surface area contributed by atoms with Crippen molar-refractivity contribution >= 4 is 48.1 Å². The van der Waals surface area contributed by atoms with Gasteiger partial charge >= 0.3 is 0 Å². The third kappa shape index (κ3) is 3.24. The van der Waals surface area contributed by atoms with Gasteiger partial charge in [-0.05, 0) is 75.5 Å². The summed E-state index contributed by atoms with van der Waals surface area (Å²) >= 11 is 5.80. The van der Waals surface area contributed by atoms with Crippen LogP contribution in [0.15, 0.2) is 53.0 Å². The Balaban J connectivity index is 2.07. The normalized spacial score (nSPS) is 11.8. The SMILES string of the molecule is CCN(CC)Cc1sc2c(Br)c3ccccc3c(-c3ccc(O)cc3)c2c1C. The van der Waals surface area contributed by atoms with Gasteiger partial charge in [0.2, 0.25) is 0 Å². The number of hydrogen-bond acceptors (Lipinski definition) is 3. The lowest BCUT2D eigenvalue weighted by Gasteiger charge is -2.17. The number of thiophene rings is 1. The fourth-order valence-electron chi connectivity index (χ4n) is 3.89. The molecule has 0 radical (unpaired) electrons. The predicted molar refractivity (Wildman–Crippen MR) is 125 cm³/mol. The number of halogens is 1. The summed E-state index contributed by atoms with van der Waals surface area (Å²) in [4.78, 5) is 3.89. The molecule has 0 aliphatic heterocycles. The molecular formula is C24H24BrNOS. The van der Waals surface area contributed by atoms with E-state index >= 15 is 0 Å². The molecule has 0 bridgehead atoms. The summed E-state index contributed by atoms with van der Waals surface area (Å²) in [5.74, 6) is 0.297. The number of phenolic OH excluding ortho intramolecular Hbond substituents is 1. The van der Waals surface area contributed by atoms with Crippen molar-refractivity contribution in [3.05, 3.63) is 63.4 Å². The number of fused-ring (bicyclic) bond motifs is 2. The van der Waals surface area contributed by atoms with Gasteiger partial charge in [-0.15, -0.1) is 11.3 Å². The predicted octanol–water partition coefficient (Wildman–Crippen LogP) is 7.34. The van der Waals surface area contributed by atoms with E-state index in [1.807, 2.05) is 23.5 Å². The quantitative estimate of drug-likeness (QED) is 0.341. The van der Waals surface area contributed by atoms with Gasteiger partial charge in [0.05, 0.1) is 4.70 Å². The van der Waals surface area contributed by atoms with E-state index in [1.165, 1.54) is 41.3 Å². The van der Waals surface area contributed by atoms with E-state index in [-0.39, 0.29) is 0 Å². The van der Waals surface area contributed by atoms with Crippen molar-refractivity contribution in [2.75, 3.05) is 13.1 Å². The number of hydrogen-bond donors (Lipinski definition) is 1. The zero-order valence-corrected chi connectivity index (χ0v) is 18.8. The molecule has 4 heteroatoms. The van der Waals surface area contributed by atoms with Crippen LogP contribution in [0, 0.1) is 6.92 Å². The molecule has 0 saturated heterocycles. The fourth-order valence-corrected chi connectivity index (χ4v) is 5.99. The van der Waals surface area contributed by atoms with Crippen LogP contribution in [0.4, 0.5) is 0 Å². The number of nitrogens with zero attached hydrogens (tertiary/aromatic N) is 1. The van der Waals surface area contributed by atoms with Crippen LogP contribution in [0.3, 0.4) is 0 Å². The summed E-state index contributed by atoms with van der Waals surface area (Å²) in [5.41, 5.74) is 3.76. The summed E-state index contributed by atoms with van der Waals surface area (Å²) < 4.78 is 2.49. The minimum Gasteiger partial charge on any atom is -0.508 e.